The van der Waals surface area contributed by atoms with Gasteiger partial charge in [-0.3, -0.25) is 14.8 Å². The number of hydrogen-bond donors (Lipinski definition) is 2. The molecule has 27 heavy (non-hydrogen) atoms. The monoisotopic (exact) mass is 365 g/mol. The Kier molecular flexibility index (Phi) is 5.29. The van der Waals surface area contributed by atoms with E-state index >= 15 is 0 Å². The number of amides is 1. The van der Waals surface area contributed by atoms with Crippen LogP contribution in [0.25, 0.3) is 11.4 Å². The molecule has 3 heterocycles. The number of piperidine rings is 1. The number of furan rings is 1. The van der Waals surface area contributed by atoms with Crippen LogP contribution in [-0.2, 0) is 17.9 Å². The average molecular weight is 365 g/mol. The van der Waals surface area contributed by atoms with E-state index in [-0.39, 0.29) is 11.8 Å². The molecule has 0 radical (unpaired) electrons. The van der Waals surface area contributed by atoms with Gasteiger partial charge in [0.05, 0.1) is 25.3 Å². The fourth-order valence-corrected chi connectivity index (χ4v) is 3.44. The first kappa shape index (κ1) is 17.5. The van der Waals surface area contributed by atoms with Crippen molar-refractivity contribution in [2.24, 2.45) is 5.92 Å². The Morgan fingerprint density at radius 2 is 2.15 bits per heavy atom. The van der Waals surface area contributed by atoms with E-state index in [4.69, 9.17) is 4.42 Å². The number of carbonyl (C=O) groups excluding carboxylic acids is 1. The molecule has 1 aliphatic heterocycles. The fraction of sp³-hybridized carbons (Fsp3) is 0.350. The summed E-state index contributed by atoms with van der Waals surface area (Å²) in [5, 5.41) is 10.1. The van der Waals surface area contributed by atoms with Gasteiger partial charge < -0.3 is 9.73 Å². The largest absolute Gasteiger partial charge is 0.468 e. The van der Waals surface area contributed by atoms with Gasteiger partial charge >= 0.3 is 0 Å². The van der Waals surface area contributed by atoms with Gasteiger partial charge in [0.15, 0.2) is 5.82 Å². The Morgan fingerprint density at radius 3 is 2.96 bits per heavy atom. The van der Waals surface area contributed by atoms with E-state index in [0.717, 1.165) is 43.8 Å². The number of likely N-dealkylation sites (tertiary alicyclic amines) is 1. The molecule has 0 unspecified atom stereocenters. The SMILES string of the molecule is O=C(NCc1nc(-c2ccccc2)n[nH]1)[C@@H]1CCCN(Cc2ccco2)C1. The molecule has 0 aliphatic carbocycles. The number of nitrogens with one attached hydrogen (secondary N) is 2. The first-order valence-corrected chi connectivity index (χ1v) is 9.27. The number of H-pyrrole nitrogens is 1. The Hall–Kier alpha value is -2.93. The van der Waals surface area contributed by atoms with Crippen LogP contribution in [0.3, 0.4) is 0 Å². The van der Waals surface area contributed by atoms with Crippen LogP contribution >= 0.6 is 0 Å². The molecule has 1 fully saturated rings. The summed E-state index contributed by atoms with van der Waals surface area (Å²) < 4.78 is 5.41. The molecular formula is C20H23N5O2. The van der Waals surface area contributed by atoms with Crippen molar-refractivity contribution in [3.8, 4) is 11.4 Å². The molecule has 0 bridgehead atoms. The van der Waals surface area contributed by atoms with Crippen molar-refractivity contribution in [3.05, 3.63) is 60.3 Å². The van der Waals surface area contributed by atoms with Crippen LogP contribution in [0.15, 0.2) is 53.1 Å². The molecule has 1 saturated heterocycles. The van der Waals surface area contributed by atoms with Gasteiger partial charge in [0.1, 0.15) is 11.6 Å². The standard InChI is InChI=1S/C20H23N5O2/c26-20(16-8-4-10-25(13-16)14-17-9-5-11-27-17)21-12-18-22-19(24-23-18)15-6-2-1-3-7-15/h1-3,5-7,9,11,16H,4,8,10,12-14H2,(H,21,26)(H,22,23,24)/t16-/m1/s1. The van der Waals surface area contributed by atoms with Crippen LogP contribution in [0.5, 0.6) is 0 Å². The summed E-state index contributed by atoms with van der Waals surface area (Å²) in [7, 11) is 0. The summed E-state index contributed by atoms with van der Waals surface area (Å²) in [6.45, 7) is 2.85. The van der Waals surface area contributed by atoms with Crippen LogP contribution in [0, 0.1) is 5.92 Å². The quantitative estimate of drug-likeness (QED) is 0.701. The van der Waals surface area contributed by atoms with Crippen molar-refractivity contribution < 1.29 is 9.21 Å². The summed E-state index contributed by atoms with van der Waals surface area (Å²) >= 11 is 0. The second kappa shape index (κ2) is 8.18. The lowest BCUT2D eigenvalue weighted by atomic mass is 9.97. The van der Waals surface area contributed by atoms with Gasteiger partial charge in [-0.2, -0.15) is 5.10 Å². The third-order valence-corrected chi connectivity index (χ3v) is 4.83. The summed E-state index contributed by atoms with van der Waals surface area (Å²) in [4.78, 5) is 19.3. The Bertz CT molecular complexity index is 860. The average Bonchev–Trinajstić information content (AvgIpc) is 3.39. The summed E-state index contributed by atoms with van der Waals surface area (Å²) in [5.74, 6) is 2.29. The number of hydrogen-bond acceptors (Lipinski definition) is 5. The molecule has 1 atom stereocenters. The zero-order chi connectivity index (χ0) is 18.5. The van der Waals surface area contributed by atoms with Crippen molar-refractivity contribution in [3.63, 3.8) is 0 Å². The minimum atomic E-state index is -0.00905. The highest BCUT2D eigenvalue weighted by Gasteiger charge is 2.26. The van der Waals surface area contributed by atoms with Crippen molar-refractivity contribution in [1.29, 1.82) is 0 Å². The molecule has 7 heteroatoms. The molecule has 0 spiro atoms. The zero-order valence-corrected chi connectivity index (χ0v) is 15.1. The van der Waals surface area contributed by atoms with Gasteiger partial charge in [0.25, 0.3) is 0 Å². The summed E-state index contributed by atoms with van der Waals surface area (Å²) in [6, 6.07) is 13.6. The van der Waals surface area contributed by atoms with Gasteiger partial charge in [-0.25, -0.2) is 4.98 Å². The number of benzene rings is 1. The lowest BCUT2D eigenvalue weighted by Crippen LogP contribution is -2.42. The molecule has 4 rings (SSSR count). The maximum Gasteiger partial charge on any atom is 0.224 e. The fourth-order valence-electron chi connectivity index (χ4n) is 3.44. The second-order valence-electron chi connectivity index (χ2n) is 6.84. The molecule has 1 amide bonds. The van der Waals surface area contributed by atoms with E-state index in [2.05, 4.69) is 25.4 Å². The molecule has 1 aromatic carbocycles. The highest BCUT2D eigenvalue weighted by molar-refractivity contribution is 5.78. The molecule has 2 aromatic heterocycles. The van der Waals surface area contributed by atoms with Gasteiger partial charge in [-0.1, -0.05) is 30.3 Å². The Balaban J connectivity index is 1.29. The predicted molar refractivity (Wildman–Crippen MR) is 100 cm³/mol. The normalized spacial score (nSPS) is 17.7. The lowest BCUT2D eigenvalue weighted by Gasteiger charge is -2.31. The third kappa shape index (κ3) is 4.43. The van der Waals surface area contributed by atoms with Crippen molar-refractivity contribution >= 4 is 5.91 Å². The number of rotatable bonds is 6. The van der Waals surface area contributed by atoms with E-state index < -0.39 is 0 Å². The number of aromatic nitrogens is 3. The Labute approximate surface area is 157 Å². The van der Waals surface area contributed by atoms with Gasteiger partial charge in [0, 0.05) is 12.1 Å². The Morgan fingerprint density at radius 1 is 1.26 bits per heavy atom. The molecule has 1 aliphatic rings. The smallest absolute Gasteiger partial charge is 0.224 e. The van der Waals surface area contributed by atoms with Crippen LogP contribution in [0.4, 0.5) is 0 Å². The minimum absolute atomic E-state index is 0.00905. The van der Waals surface area contributed by atoms with E-state index in [9.17, 15) is 4.79 Å². The molecular weight excluding hydrogens is 342 g/mol. The van der Waals surface area contributed by atoms with Crippen LogP contribution < -0.4 is 5.32 Å². The number of nitrogens with zero attached hydrogens (tertiary/aromatic N) is 3. The number of carbonyl (C=O) groups is 1. The minimum Gasteiger partial charge on any atom is -0.468 e. The van der Waals surface area contributed by atoms with E-state index in [1.54, 1.807) is 6.26 Å². The molecule has 3 aromatic rings. The maximum atomic E-state index is 12.6. The first-order chi connectivity index (χ1) is 13.3. The molecule has 140 valence electrons. The highest BCUT2D eigenvalue weighted by Crippen LogP contribution is 2.19. The maximum absolute atomic E-state index is 12.6. The first-order valence-electron chi connectivity index (χ1n) is 9.27. The topological polar surface area (TPSA) is 87.0 Å². The van der Waals surface area contributed by atoms with E-state index in [1.165, 1.54) is 0 Å². The molecule has 0 saturated carbocycles. The van der Waals surface area contributed by atoms with Crippen LogP contribution in [0.1, 0.15) is 24.4 Å². The highest BCUT2D eigenvalue weighted by atomic mass is 16.3. The van der Waals surface area contributed by atoms with E-state index in [1.807, 2.05) is 42.5 Å². The zero-order valence-electron chi connectivity index (χ0n) is 15.1. The van der Waals surface area contributed by atoms with Crippen LogP contribution in [-0.4, -0.2) is 39.1 Å². The molecule has 2 N–H and O–H groups in total. The van der Waals surface area contributed by atoms with Crippen LogP contribution in [0.2, 0.25) is 0 Å². The van der Waals surface area contributed by atoms with Crippen molar-refractivity contribution in [2.75, 3.05) is 13.1 Å². The van der Waals surface area contributed by atoms with Gasteiger partial charge in [-0.05, 0) is 31.5 Å². The van der Waals surface area contributed by atoms with Gasteiger partial charge in [0.2, 0.25) is 5.91 Å². The lowest BCUT2D eigenvalue weighted by molar-refractivity contribution is -0.127. The second-order valence-corrected chi connectivity index (χ2v) is 6.84. The third-order valence-electron chi connectivity index (χ3n) is 4.83. The number of aromatic amines is 1. The summed E-state index contributed by atoms with van der Waals surface area (Å²) in [5.41, 5.74) is 0.951. The summed E-state index contributed by atoms with van der Waals surface area (Å²) in [6.07, 6.45) is 3.61. The van der Waals surface area contributed by atoms with Crippen molar-refractivity contribution in [1.82, 2.24) is 25.4 Å². The van der Waals surface area contributed by atoms with Gasteiger partial charge in [-0.15, -0.1) is 0 Å². The predicted octanol–water partition coefficient (Wildman–Crippen LogP) is 2.59. The molecule has 7 nitrogen and oxygen atoms in total. The van der Waals surface area contributed by atoms with Crippen molar-refractivity contribution in [2.45, 2.75) is 25.9 Å². The van der Waals surface area contributed by atoms with E-state index in [0.29, 0.717) is 18.2 Å².